The van der Waals surface area contributed by atoms with Crippen LogP contribution in [-0.4, -0.2) is 16.5 Å². The predicted octanol–water partition coefficient (Wildman–Crippen LogP) is 4.15. The van der Waals surface area contributed by atoms with Crippen LogP contribution in [0.15, 0.2) is 6.20 Å². The largest absolute Gasteiger partial charge is 0.310 e. The Morgan fingerprint density at radius 2 is 2.05 bits per heavy atom. The molecule has 2 aliphatic carbocycles. The summed E-state index contributed by atoms with van der Waals surface area (Å²) in [6.07, 6.45) is 10.8. The molecule has 0 bridgehead atoms. The van der Waals surface area contributed by atoms with Crippen molar-refractivity contribution < 1.29 is 0 Å². The summed E-state index contributed by atoms with van der Waals surface area (Å²) < 4.78 is 0. The monoisotopic (exact) mass is 287 g/mol. The standard InChI is InChI=1S/C18H29N3/c1-4-9-19-15-10-18(2,3)11-16-14(15)12-20-17(21-16)13-7-5-6-8-13/h12-13,15,19H,4-11H2,1-3H3. The van der Waals surface area contributed by atoms with E-state index >= 15 is 0 Å². The molecule has 3 nitrogen and oxygen atoms in total. The smallest absolute Gasteiger partial charge is 0.131 e. The highest BCUT2D eigenvalue weighted by molar-refractivity contribution is 5.27. The van der Waals surface area contributed by atoms with E-state index in [0.29, 0.717) is 17.4 Å². The third-order valence-corrected chi connectivity index (χ3v) is 5.06. The number of nitrogens with zero attached hydrogens (tertiary/aromatic N) is 2. The summed E-state index contributed by atoms with van der Waals surface area (Å²) in [5.41, 5.74) is 2.99. The number of rotatable bonds is 4. The van der Waals surface area contributed by atoms with Crippen LogP contribution in [0.2, 0.25) is 0 Å². The first-order chi connectivity index (χ1) is 10.1. The van der Waals surface area contributed by atoms with Crippen molar-refractivity contribution in [3.8, 4) is 0 Å². The van der Waals surface area contributed by atoms with Gasteiger partial charge in [-0.3, -0.25) is 0 Å². The van der Waals surface area contributed by atoms with Gasteiger partial charge >= 0.3 is 0 Å². The molecule has 0 saturated heterocycles. The van der Waals surface area contributed by atoms with Crippen LogP contribution in [0.25, 0.3) is 0 Å². The van der Waals surface area contributed by atoms with Crippen molar-refractivity contribution in [2.75, 3.05) is 6.54 Å². The second kappa shape index (κ2) is 6.04. The number of hydrogen-bond donors (Lipinski definition) is 1. The van der Waals surface area contributed by atoms with Crippen LogP contribution in [0.4, 0.5) is 0 Å². The molecule has 0 aliphatic heterocycles. The van der Waals surface area contributed by atoms with E-state index in [1.807, 2.05) is 0 Å². The Hall–Kier alpha value is -0.960. The minimum absolute atomic E-state index is 0.333. The first-order valence-corrected chi connectivity index (χ1v) is 8.68. The lowest BCUT2D eigenvalue weighted by Crippen LogP contribution is -2.34. The van der Waals surface area contributed by atoms with Gasteiger partial charge in [-0.05, 0) is 44.1 Å². The van der Waals surface area contributed by atoms with Crippen molar-refractivity contribution in [3.63, 3.8) is 0 Å². The van der Waals surface area contributed by atoms with Crippen LogP contribution < -0.4 is 5.32 Å². The fraction of sp³-hybridized carbons (Fsp3) is 0.778. The van der Waals surface area contributed by atoms with E-state index in [-0.39, 0.29) is 0 Å². The average molecular weight is 287 g/mol. The summed E-state index contributed by atoms with van der Waals surface area (Å²) in [6, 6.07) is 0.432. The van der Waals surface area contributed by atoms with Gasteiger partial charge in [0, 0.05) is 29.4 Å². The molecule has 1 aromatic rings. The van der Waals surface area contributed by atoms with Gasteiger partial charge in [-0.2, -0.15) is 0 Å². The third-order valence-electron chi connectivity index (χ3n) is 5.06. The molecule has 1 unspecified atom stereocenters. The van der Waals surface area contributed by atoms with E-state index in [0.717, 1.165) is 18.8 Å². The molecule has 116 valence electrons. The maximum atomic E-state index is 5.00. The summed E-state index contributed by atoms with van der Waals surface area (Å²) in [5.74, 6) is 1.72. The van der Waals surface area contributed by atoms with E-state index in [1.165, 1.54) is 49.8 Å². The first kappa shape index (κ1) is 15.0. The first-order valence-electron chi connectivity index (χ1n) is 8.68. The van der Waals surface area contributed by atoms with Crippen molar-refractivity contribution in [2.24, 2.45) is 5.41 Å². The molecule has 0 spiro atoms. The van der Waals surface area contributed by atoms with Crippen molar-refractivity contribution in [2.45, 2.75) is 77.7 Å². The SMILES string of the molecule is CCCNC1CC(C)(C)Cc2nc(C3CCCC3)ncc21. The highest BCUT2D eigenvalue weighted by atomic mass is 15.0. The predicted molar refractivity (Wildman–Crippen MR) is 86.4 cm³/mol. The highest BCUT2D eigenvalue weighted by Gasteiger charge is 2.34. The molecule has 1 aromatic heterocycles. The zero-order valence-electron chi connectivity index (χ0n) is 13.8. The molecule has 1 heterocycles. The number of aromatic nitrogens is 2. The van der Waals surface area contributed by atoms with Gasteiger partial charge in [0.05, 0.1) is 0 Å². The van der Waals surface area contributed by atoms with E-state index < -0.39 is 0 Å². The topological polar surface area (TPSA) is 37.8 Å². The lowest BCUT2D eigenvalue weighted by molar-refractivity contribution is 0.253. The molecular weight excluding hydrogens is 258 g/mol. The fourth-order valence-electron chi connectivity index (χ4n) is 3.94. The maximum absolute atomic E-state index is 5.00. The van der Waals surface area contributed by atoms with Gasteiger partial charge < -0.3 is 5.32 Å². The van der Waals surface area contributed by atoms with Crippen molar-refractivity contribution in [1.82, 2.24) is 15.3 Å². The van der Waals surface area contributed by atoms with Crippen molar-refractivity contribution in [3.05, 3.63) is 23.3 Å². The summed E-state index contributed by atoms with van der Waals surface area (Å²) >= 11 is 0. The van der Waals surface area contributed by atoms with Gasteiger partial charge in [-0.1, -0.05) is 33.6 Å². The van der Waals surface area contributed by atoms with Gasteiger partial charge in [0.2, 0.25) is 0 Å². The molecule has 3 heteroatoms. The van der Waals surface area contributed by atoms with Gasteiger partial charge in [-0.15, -0.1) is 0 Å². The maximum Gasteiger partial charge on any atom is 0.131 e. The molecule has 2 aliphatic rings. The molecule has 0 amide bonds. The Bertz CT molecular complexity index is 489. The molecule has 3 rings (SSSR count). The summed E-state index contributed by atoms with van der Waals surface area (Å²) in [7, 11) is 0. The Morgan fingerprint density at radius 3 is 2.76 bits per heavy atom. The summed E-state index contributed by atoms with van der Waals surface area (Å²) in [4.78, 5) is 9.73. The molecule has 0 radical (unpaired) electrons. The summed E-state index contributed by atoms with van der Waals surface area (Å²) in [5, 5.41) is 3.69. The Labute approximate surface area is 129 Å². The van der Waals surface area contributed by atoms with E-state index in [1.54, 1.807) is 0 Å². The average Bonchev–Trinajstić information content (AvgIpc) is 2.97. The van der Waals surface area contributed by atoms with E-state index in [2.05, 4.69) is 32.3 Å². The molecule has 1 atom stereocenters. The van der Waals surface area contributed by atoms with Crippen LogP contribution in [-0.2, 0) is 6.42 Å². The van der Waals surface area contributed by atoms with Crippen molar-refractivity contribution >= 4 is 0 Å². The number of fused-ring (bicyclic) bond motifs is 1. The van der Waals surface area contributed by atoms with Gasteiger partial charge in [0.15, 0.2) is 0 Å². The van der Waals surface area contributed by atoms with Crippen LogP contribution >= 0.6 is 0 Å². The number of nitrogens with one attached hydrogen (secondary N) is 1. The molecule has 21 heavy (non-hydrogen) atoms. The van der Waals surface area contributed by atoms with E-state index in [9.17, 15) is 0 Å². The summed E-state index contributed by atoms with van der Waals surface area (Å²) in [6.45, 7) is 8.04. The molecule has 1 fully saturated rings. The third kappa shape index (κ3) is 3.28. The van der Waals surface area contributed by atoms with Crippen LogP contribution in [0.3, 0.4) is 0 Å². The quantitative estimate of drug-likeness (QED) is 0.904. The highest BCUT2D eigenvalue weighted by Crippen LogP contribution is 2.41. The Kier molecular flexibility index (Phi) is 4.30. The minimum Gasteiger partial charge on any atom is -0.310 e. The van der Waals surface area contributed by atoms with Gasteiger partial charge in [0.25, 0.3) is 0 Å². The zero-order valence-corrected chi connectivity index (χ0v) is 13.8. The van der Waals surface area contributed by atoms with Gasteiger partial charge in [-0.25, -0.2) is 9.97 Å². The molecule has 1 saturated carbocycles. The Balaban J connectivity index is 1.88. The lowest BCUT2D eigenvalue weighted by Gasteiger charge is -2.37. The van der Waals surface area contributed by atoms with E-state index in [4.69, 9.17) is 9.97 Å². The second-order valence-electron chi connectivity index (χ2n) is 7.66. The fourth-order valence-corrected chi connectivity index (χ4v) is 3.94. The second-order valence-corrected chi connectivity index (χ2v) is 7.66. The van der Waals surface area contributed by atoms with Crippen molar-refractivity contribution in [1.29, 1.82) is 0 Å². The van der Waals surface area contributed by atoms with Gasteiger partial charge in [0.1, 0.15) is 5.82 Å². The zero-order chi connectivity index (χ0) is 14.9. The minimum atomic E-state index is 0.333. The lowest BCUT2D eigenvalue weighted by atomic mass is 9.74. The molecular formula is C18H29N3. The van der Waals surface area contributed by atoms with Crippen LogP contribution in [0.1, 0.15) is 88.3 Å². The Morgan fingerprint density at radius 1 is 1.29 bits per heavy atom. The number of hydrogen-bond acceptors (Lipinski definition) is 3. The molecule has 1 N–H and O–H groups in total. The van der Waals surface area contributed by atoms with Crippen LogP contribution in [0.5, 0.6) is 0 Å². The molecule has 0 aromatic carbocycles. The normalized spacial score (nSPS) is 25.0. The van der Waals surface area contributed by atoms with Crippen LogP contribution in [0, 0.1) is 5.41 Å².